The van der Waals surface area contributed by atoms with Crippen molar-refractivity contribution in [3.05, 3.63) is 0 Å². The second kappa shape index (κ2) is 25.9. The van der Waals surface area contributed by atoms with Crippen molar-refractivity contribution >= 4 is 23.1 Å². The van der Waals surface area contributed by atoms with E-state index in [1.807, 2.05) is 0 Å². The Morgan fingerprint density at radius 1 is 0.526 bits per heavy atom. The van der Waals surface area contributed by atoms with Crippen LogP contribution < -0.4 is 0 Å². The fourth-order valence-electron chi connectivity index (χ4n) is 0.701. The van der Waals surface area contributed by atoms with Crippen LogP contribution in [0.25, 0.3) is 0 Å². The molecule has 0 unspecified atom stereocenters. The molecule has 0 fully saturated rings. The minimum Gasteiger partial charge on any atom is -0.412 e. The van der Waals surface area contributed by atoms with Crippen LogP contribution in [0.15, 0.2) is 0 Å². The van der Waals surface area contributed by atoms with Crippen LogP contribution in [-0.4, -0.2) is 45.0 Å². The van der Waals surface area contributed by atoms with Gasteiger partial charge < -0.3 is 21.9 Å². The normalized spacial score (nSPS) is 6.11. The molecule has 0 aromatic carbocycles. The maximum atomic E-state index is 10.0. The summed E-state index contributed by atoms with van der Waals surface area (Å²) in [5.41, 5.74) is 0. The molecule has 8 N–H and O–H groups in total. The molecule has 0 saturated carbocycles. The molecule has 0 aliphatic rings. The van der Waals surface area contributed by atoms with E-state index in [1.165, 1.54) is 27.7 Å². The maximum absolute atomic E-state index is 10.0. The molecule has 0 aromatic heterocycles. The molecular formula is C10H24O8Ti. The predicted molar refractivity (Wildman–Crippen MR) is 66.4 cm³/mol. The van der Waals surface area contributed by atoms with Gasteiger partial charge in [-0.05, 0) is 27.7 Å². The molecule has 9 heteroatoms. The zero-order valence-corrected chi connectivity index (χ0v) is 13.1. The summed E-state index contributed by atoms with van der Waals surface area (Å²) >= 11 is 0. The van der Waals surface area contributed by atoms with Gasteiger partial charge in [0.1, 0.15) is 23.1 Å². The third-order valence-corrected chi connectivity index (χ3v) is 0.996. The van der Waals surface area contributed by atoms with Gasteiger partial charge in [0.2, 0.25) is 0 Å². The topological polar surface area (TPSA) is 194 Å². The van der Waals surface area contributed by atoms with Gasteiger partial charge in [-0.3, -0.25) is 19.2 Å². The molecule has 0 spiro atoms. The van der Waals surface area contributed by atoms with Crippen molar-refractivity contribution in [1.82, 2.24) is 0 Å². The number of Topliss-reactive ketones (excluding diaryl/α,β-unsaturated/α-hetero) is 4. The molecule has 0 saturated heterocycles. The third kappa shape index (κ3) is 76.4. The Bertz CT molecular complexity index is 202. The van der Waals surface area contributed by atoms with E-state index in [4.69, 9.17) is 0 Å². The van der Waals surface area contributed by atoms with Crippen LogP contribution in [0.3, 0.4) is 0 Å². The second-order valence-electron chi connectivity index (χ2n) is 3.16. The van der Waals surface area contributed by atoms with Gasteiger partial charge in [0.05, 0.1) is 12.8 Å². The van der Waals surface area contributed by atoms with Crippen molar-refractivity contribution in [2.24, 2.45) is 0 Å². The predicted octanol–water partition coefficient (Wildman–Crippen LogP) is -2.19. The quantitative estimate of drug-likeness (QED) is 0.419. The Kier molecular flexibility index (Phi) is 58.6. The van der Waals surface area contributed by atoms with Crippen LogP contribution in [0, 0.1) is 0 Å². The third-order valence-electron chi connectivity index (χ3n) is 0.996. The van der Waals surface area contributed by atoms with Crippen LogP contribution in [0.4, 0.5) is 0 Å². The number of hydrogen-bond donors (Lipinski definition) is 0. The standard InChI is InChI=1S/2C5H8O2.4H2O.Ti/c2*1-4(6)3-5(2)7;;;;;/h2*3H2,1-2H3;4*1H2;. The first-order valence-electron chi connectivity index (χ1n) is 4.23. The van der Waals surface area contributed by atoms with Gasteiger partial charge in [0.25, 0.3) is 0 Å². The molecule has 0 aromatic rings. The van der Waals surface area contributed by atoms with Crippen LogP contribution >= 0.6 is 0 Å². The van der Waals surface area contributed by atoms with Gasteiger partial charge >= 0.3 is 0 Å². The molecule has 0 rings (SSSR count). The van der Waals surface area contributed by atoms with Crippen molar-refractivity contribution in [3.63, 3.8) is 0 Å². The Hall–Kier alpha value is -0.766. The van der Waals surface area contributed by atoms with Gasteiger partial charge in [-0.1, -0.05) is 0 Å². The summed E-state index contributed by atoms with van der Waals surface area (Å²) in [6, 6.07) is 0. The molecule has 0 aliphatic heterocycles. The average molecular weight is 320 g/mol. The van der Waals surface area contributed by atoms with E-state index in [-0.39, 0.29) is 79.6 Å². The number of carbonyl (C=O) groups is 4. The van der Waals surface area contributed by atoms with Crippen molar-refractivity contribution < 1.29 is 62.8 Å². The van der Waals surface area contributed by atoms with E-state index in [0.29, 0.717) is 0 Å². The average Bonchev–Trinajstić information content (AvgIpc) is 1.79. The molecule has 0 bridgehead atoms. The molecule has 8 nitrogen and oxygen atoms in total. The van der Waals surface area contributed by atoms with E-state index in [1.54, 1.807) is 0 Å². The van der Waals surface area contributed by atoms with E-state index in [2.05, 4.69) is 0 Å². The van der Waals surface area contributed by atoms with Crippen LogP contribution in [0.1, 0.15) is 40.5 Å². The molecule has 0 radical (unpaired) electrons. The second-order valence-corrected chi connectivity index (χ2v) is 3.16. The molecule has 0 atom stereocenters. The molecule has 0 amide bonds. The summed E-state index contributed by atoms with van der Waals surface area (Å²) in [5.74, 6) is -0.250. The first kappa shape index (κ1) is 42.9. The maximum Gasteiger partial charge on any atom is 0.137 e. The first-order chi connectivity index (χ1) is 6.25. The molecular weight excluding hydrogens is 296 g/mol. The van der Waals surface area contributed by atoms with Crippen LogP contribution in [0.2, 0.25) is 0 Å². The Labute approximate surface area is 127 Å². The number of hydrogen-bond acceptors (Lipinski definition) is 4. The van der Waals surface area contributed by atoms with Crippen molar-refractivity contribution in [1.29, 1.82) is 0 Å². The number of carbonyl (C=O) groups excluding carboxylic acids is 4. The SMILES string of the molecule is CC(=O)CC(C)=O.CC(=O)CC(C)=O.O.O.O.O.[Ti]. The molecule has 116 valence electrons. The molecule has 0 aliphatic carbocycles. The zero-order valence-electron chi connectivity index (χ0n) is 11.5. The minimum atomic E-state index is -0.0625. The largest absolute Gasteiger partial charge is 0.412 e. The molecule has 0 heterocycles. The summed E-state index contributed by atoms with van der Waals surface area (Å²) in [6.07, 6.45) is 0.167. The van der Waals surface area contributed by atoms with Gasteiger partial charge in [-0.15, -0.1) is 0 Å². The fraction of sp³-hybridized carbons (Fsp3) is 0.600. The Morgan fingerprint density at radius 3 is 0.632 bits per heavy atom. The van der Waals surface area contributed by atoms with Crippen molar-refractivity contribution in [2.45, 2.75) is 40.5 Å². The number of ketones is 4. The van der Waals surface area contributed by atoms with Crippen molar-refractivity contribution in [3.8, 4) is 0 Å². The Morgan fingerprint density at radius 2 is 0.632 bits per heavy atom. The summed E-state index contributed by atoms with van der Waals surface area (Å²) in [4.78, 5) is 40.1. The summed E-state index contributed by atoms with van der Waals surface area (Å²) in [7, 11) is 0. The first-order valence-corrected chi connectivity index (χ1v) is 4.23. The fourth-order valence-corrected chi connectivity index (χ4v) is 0.701. The van der Waals surface area contributed by atoms with E-state index in [0.717, 1.165) is 0 Å². The van der Waals surface area contributed by atoms with E-state index < -0.39 is 0 Å². The number of rotatable bonds is 4. The van der Waals surface area contributed by atoms with Crippen LogP contribution in [0.5, 0.6) is 0 Å². The van der Waals surface area contributed by atoms with Gasteiger partial charge in [0.15, 0.2) is 0 Å². The van der Waals surface area contributed by atoms with Gasteiger partial charge in [-0.25, -0.2) is 0 Å². The zero-order chi connectivity index (χ0) is 11.7. The van der Waals surface area contributed by atoms with Crippen molar-refractivity contribution in [2.75, 3.05) is 0 Å². The van der Waals surface area contributed by atoms with Gasteiger partial charge in [0, 0.05) is 21.7 Å². The van der Waals surface area contributed by atoms with E-state index >= 15 is 0 Å². The summed E-state index contributed by atoms with van der Waals surface area (Å²) in [6.45, 7) is 5.62. The minimum absolute atomic E-state index is 0. The summed E-state index contributed by atoms with van der Waals surface area (Å²) in [5, 5.41) is 0. The Balaban J connectivity index is -0.0000000240. The smallest absolute Gasteiger partial charge is 0.137 e. The van der Waals surface area contributed by atoms with Gasteiger partial charge in [-0.2, -0.15) is 0 Å². The summed E-state index contributed by atoms with van der Waals surface area (Å²) < 4.78 is 0. The van der Waals surface area contributed by atoms with E-state index in [9.17, 15) is 19.2 Å². The van der Waals surface area contributed by atoms with Crippen LogP contribution in [-0.2, 0) is 40.9 Å². The molecule has 19 heavy (non-hydrogen) atoms. The monoisotopic (exact) mass is 320 g/mol.